The Morgan fingerprint density at radius 2 is 2.27 bits per heavy atom. The number of aryl methyl sites for hydroxylation is 1. The first kappa shape index (κ1) is 9.51. The van der Waals surface area contributed by atoms with E-state index in [0.29, 0.717) is 5.82 Å². The summed E-state index contributed by atoms with van der Waals surface area (Å²) < 4.78 is 1.72. The number of aromatic carboxylic acids is 1. The van der Waals surface area contributed by atoms with Crippen LogP contribution in [0, 0.1) is 0 Å². The zero-order valence-electron chi connectivity index (χ0n) is 8.48. The van der Waals surface area contributed by atoms with Crippen LogP contribution >= 0.6 is 0 Å². The average Bonchev–Trinajstić information content (AvgIpc) is 2.55. The fourth-order valence-corrected chi connectivity index (χ4v) is 1.58. The molecule has 0 spiro atoms. The number of carboxylic acid groups (broad SMARTS) is 1. The highest BCUT2D eigenvalue weighted by atomic mass is 16.4. The lowest BCUT2D eigenvalue weighted by Crippen LogP contribution is -1.95. The standard InChI is InChI=1S/C10H11N3O2/c1-11-9-7-5-6(10(14)15)3-4-8(7)13(2)12-9/h3-5H,1-2H3,(H,11,12)(H,14,15). The zero-order chi connectivity index (χ0) is 11.0. The van der Waals surface area contributed by atoms with Gasteiger partial charge in [-0.15, -0.1) is 0 Å². The molecule has 0 saturated carbocycles. The second-order valence-electron chi connectivity index (χ2n) is 3.26. The van der Waals surface area contributed by atoms with Gasteiger partial charge in [-0.1, -0.05) is 0 Å². The summed E-state index contributed by atoms with van der Waals surface area (Å²) >= 11 is 0. The Morgan fingerprint density at radius 3 is 2.87 bits per heavy atom. The topological polar surface area (TPSA) is 67.2 Å². The Kier molecular flexibility index (Phi) is 2.07. The van der Waals surface area contributed by atoms with Crippen molar-refractivity contribution in [1.29, 1.82) is 0 Å². The molecule has 1 heterocycles. The number of anilines is 1. The third kappa shape index (κ3) is 1.41. The summed E-state index contributed by atoms with van der Waals surface area (Å²) in [5.74, 6) is -0.238. The molecule has 0 aliphatic rings. The van der Waals surface area contributed by atoms with Gasteiger partial charge >= 0.3 is 5.97 Å². The highest BCUT2D eigenvalue weighted by Gasteiger charge is 2.10. The molecular weight excluding hydrogens is 194 g/mol. The van der Waals surface area contributed by atoms with E-state index in [1.807, 2.05) is 7.05 Å². The monoisotopic (exact) mass is 205 g/mol. The lowest BCUT2D eigenvalue weighted by atomic mass is 10.1. The number of nitrogens with one attached hydrogen (secondary N) is 1. The van der Waals surface area contributed by atoms with Crippen molar-refractivity contribution in [1.82, 2.24) is 9.78 Å². The van der Waals surface area contributed by atoms with Gasteiger partial charge in [-0.2, -0.15) is 5.10 Å². The molecule has 0 aliphatic carbocycles. The highest BCUT2D eigenvalue weighted by Crippen LogP contribution is 2.23. The third-order valence-electron chi connectivity index (χ3n) is 2.33. The smallest absolute Gasteiger partial charge is 0.335 e. The molecule has 0 aliphatic heterocycles. The van der Waals surface area contributed by atoms with E-state index in [-0.39, 0.29) is 5.56 Å². The fraction of sp³-hybridized carbons (Fsp3) is 0.200. The van der Waals surface area contributed by atoms with Crippen LogP contribution in [0.15, 0.2) is 18.2 Å². The average molecular weight is 205 g/mol. The van der Waals surface area contributed by atoms with Gasteiger partial charge in [-0.05, 0) is 18.2 Å². The summed E-state index contributed by atoms with van der Waals surface area (Å²) in [4.78, 5) is 10.8. The maximum absolute atomic E-state index is 10.8. The molecule has 0 amide bonds. The lowest BCUT2D eigenvalue weighted by Gasteiger charge is -1.97. The van der Waals surface area contributed by atoms with Crippen LogP contribution in [0.3, 0.4) is 0 Å². The van der Waals surface area contributed by atoms with Gasteiger partial charge in [0, 0.05) is 19.5 Å². The van der Waals surface area contributed by atoms with Crippen LogP contribution in [-0.2, 0) is 7.05 Å². The first-order valence-corrected chi connectivity index (χ1v) is 4.51. The highest BCUT2D eigenvalue weighted by molar-refractivity contribution is 5.97. The Hall–Kier alpha value is -2.04. The van der Waals surface area contributed by atoms with Crippen molar-refractivity contribution in [3.63, 3.8) is 0 Å². The van der Waals surface area contributed by atoms with Crippen LogP contribution in [0.2, 0.25) is 0 Å². The van der Waals surface area contributed by atoms with Crippen molar-refractivity contribution in [3.05, 3.63) is 23.8 Å². The van der Waals surface area contributed by atoms with Crippen molar-refractivity contribution in [2.45, 2.75) is 0 Å². The molecule has 0 bridgehead atoms. The van der Waals surface area contributed by atoms with Crippen LogP contribution in [0.1, 0.15) is 10.4 Å². The molecule has 1 aromatic carbocycles. The number of aromatic nitrogens is 2. The molecular formula is C10H11N3O2. The number of benzene rings is 1. The van der Waals surface area contributed by atoms with Gasteiger partial charge in [0.15, 0.2) is 5.82 Å². The molecule has 0 radical (unpaired) electrons. The van der Waals surface area contributed by atoms with Gasteiger partial charge in [0.25, 0.3) is 0 Å². The van der Waals surface area contributed by atoms with E-state index < -0.39 is 5.97 Å². The predicted octanol–water partition coefficient (Wildman–Crippen LogP) is 1.31. The van der Waals surface area contributed by atoms with Crippen LogP contribution < -0.4 is 5.32 Å². The summed E-state index contributed by atoms with van der Waals surface area (Å²) in [6.07, 6.45) is 0. The Labute approximate surface area is 86.3 Å². The number of hydrogen-bond acceptors (Lipinski definition) is 3. The summed E-state index contributed by atoms with van der Waals surface area (Å²) in [5.41, 5.74) is 1.18. The number of carboxylic acids is 1. The van der Waals surface area contributed by atoms with E-state index in [1.54, 1.807) is 29.9 Å². The molecule has 1 aromatic heterocycles. The van der Waals surface area contributed by atoms with E-state index in [4.69, 9.17) is 5.11 Å². The van der Waals surface area contributed by atoms with Crippen LogP contribution in [0.4, 0.5) is 5.82 Å². The Bertz CT molecular complexity index is 531. The van der Waals surface area contributed by atoms with Crippen molar-refractivity contribution in [2.24, 2.45) is 7.05 Å². The van der Waals surface area contributed by atoms with Crippen molar-refractivity contribution in [2.75, 3.05) is 12.4 Å². The maximum atomic E-state index is 10.8. The van der Waals surface area contributed by atoms with Gasteiger partial charge in [0.1, 0.15) is 0 Å². The van der Waals surface area contributed by atoms with Crippen LogP contribution in [0.25, 0.3) is 10.9 Å². The lowest BCUT2D eigenvalue weighted by molar-refractivity contribution is 0.0697. The molecule has 0 fully saturated rings. The normalized spacial score (nSPS) is 10.5. The molecule has 2 rings (SSSR count). The molecule has 0 saturated heterocycles. The minimum absolute atomic E-state index is 0.270. The number of rotatable bonds is 2. The maximum Gasteiger partial charge on any atom is 0.335 e. The van der Waals surface area contributed by atoms with Gasteiger partial charge in [-0.25, -0.2) is 4.79 Å². The second-order valence-corrected chi connectivity index (χ2v) is 3.26. The largest absolute Gasteiger partial charge is 0.478 e. The van der Waals surface area contributed by atoms with Crippen molar-refractivity contribution >= 4 is 22.7 Å². The van der Waals surface area contributed by atoms with Gasteiger partial charge in [0.2, 0.25) is 0 Å². The summed E-state index contributed by atoms with van der Waals surface area (Å²) in [5, 5.41) is 16.8. The van der Waals surface area contributed by atoms with E-state index in [9.17, 15) is 4.79 Å². The van der Waals surface area contributed by atoms with E-state index in [0.717, 1.165) is 10.9 Å². The Balaban J connectivity index is 2.73. The van der Waals surface area contributed by atoms with Gasteiger partial charge < -0.3 is 10.4 Å². The summed E-state index contributed by atoms with van der Waals surface area (Å²) in [6.45, 7) is 0. The van der Waals surface area contributed by atoms with Gasteiger partial charge in [0.05, 0.1) is 11.1 Å². The number of hydrogen-bond donors (Lipinski definition) is 2. The summed E-state index contributed by atoms with van der Waals surface area (Å²) in [7, 11) is 3.58. The first-order chi connectivity index (χ1) is 7.13. The number of carbonyl (C=O) groups is 1. The Morgan fingerprint density at radius 1 is 1.53 bits per heavy atom. The fourth-order valence-electron chi connectivity index (χ4n) is 1.58. The molecule has 5 heteroatoms. The van der Waals surface area contributed by atoms with E-state index in [2.05, 4.69) is 10.4 Å². The van der Waals surface area contributed by atoms with Crippen LogP contribution in [0.5, 0.6) is 0 Å². The minimum atomic E-state index is -0.928. The number of fused-ring (bicyclic) bond motifs is 1. The molecule has 2 N–H and O–H groups in total. The van der Waals surface area contributed by atoms with Gasteiger partial charge in [-0.3, -0.25) is 4.68 Å². The second kappa shape index (κ2) is 3.27. The molecule has 15 heavy (non-hydrogen) atoms. The van der Waals surface area contributed by atoms with E-state index >= 15 is 0 Å². The van der Waals surface area contributed by atoms with Crippen LogP contribution in [-0.4, -0.2) is 27.9 Å². The zero-order valence-corrected chi connectivity index (χ0v) is 8.48. The molecule has 5 nitrogen and oxygen atoms in total. The first-order valence-electron chi connectivity index (χ1n) is 4.51. The number of nitrogens with zero attached hydrogens (tertiary/aromatic N) is 2. The SMILES string of the molecule is CNc1nn(C)c2ccc(C(=O)O)cc12. The minimum Gasteiger partial charge on any atom is -0.478 e. The third-order valence-corrected chi connectivity index (χ3v) is 2.33. The molecule has 0 atom stereocenters. The van der Waals surface area contributed by atoms with Crippen molar-refractivity contribution < 1.29 is 9.90 Å². The quantitative estimate of drug-likeness (QED) is 0.775. The molecule has 78 valence electrons. The van der Waals surface area contributed by atoms with E-state index in [1.165, 1.54) is 0 Å². The predicted molar refractivity (Wildman–Crippen MR) is 57.2 cm³/mol. The van der Waals surface area contributed by atoms with Crippen molar-refractivity contribution in [3.8, 4) is 0 Å². The molecule has 0 unspecified atom stereocenters. The summed E-state index contributed by atoms with van der Waals surface area (Å²) in [6, 6.07) is 4.95. The molecule has 2 aromatic rings.